The zero-order valence-corrected chi connectivity index (χ0v) is 36.5. The predicted molar refractivity (Wildman–Crippen MR) is 231 cm³/mol. The van der Waals surface area contributed by atoms with Crippen LogP contribution in [-0.4, -0.2) is 117 Å². The lowest BCUT2D eigenvalue weighted by Crippen LogP contribution is -2.39. The summed E-state index contributed by atoms with van der Waals surface area (Å²) in [7, 11) is 0. The van der Waals surface area contributed by atoms with E-state index < -0.39 is 23.5 Å². The summed E-state index contributed by atoms with van der Waals surface area (Å²) in [6, 6.07) is 7.93. The second-order valence-corrected chi connectivity index (χ2v) is 16.9. The summed E-state index contributed by atoms with van der Waals surface area (Å²) in [5, 5.41) is 9.26. The molecule has 4 atom stereocenters. The largest absolute Gasteiger partial charge is 0.416 e. The molecule has 0 radical (unpaired) electrons. The number of amides is 1. The minimum atomic E-state index is -4.46. The van der Waals surface area contributed by atoms with Crippen LogP contribution in [0.1, 0.15) is 93.6 Å². The van der Waals surface area contributed by atoms with Gasteiger partial charge in [-0.3, -0.25) is 4.79 Å². The maximum Gasteiger partial charge on any atom is 0.416 e. The molecule has 15 nitrogen and oxygen atoms in total. The Morgan fingerprint density at radius 3 is 1.49 bits per heavy atom. The molecule has 65 heavy (non-hydrogen) atoms. The number of aromatic nitrogens is 6. The van der Waals surface area contributed by atoms with Gasteiger partial charge in [-0.05, 0) is 75.9 Å². The number of hydrogen-bond acceptors (Lipinski definition) is 14. The number of nitrogens with one attached hydrogen (secondary N) is 3. The lowest BCUT2D eigenvalue weighted by Gasteiger charge is -2.32. The third kappa shape index (κ3) is 11.0. The molecule has 21 heteroatoms. The lowest BCUT2D eigenvalue weighted by atomic mass is 9.93. The van der Waals surface area contributed by atoms with Crippen LogP contribution in [0, 0.1) is 0 Å². The fourth-order valence-corrected chi connectivity index (χ4v) is 9.22. The van der Waals surface area contributed by atoms with E-state index in [0.29, 0.717) is 62.3 Å². The summed E-state index contributed by atoms with van der Waals surface area (Å²) in [6.45, 7) is 11.4. The Balaban J connectivity index is 0.000000171. The number of nitrogens with zero attached hydrogens (tertiary/aromatic N) is 9. The number of carbonyl (C=O) groups is 1. The first kappa shape index (κ1) is 46.1. The number of pyridine rings is 2. The molecule has 0 saturated carbocycles. The number of rotatable bonds is 8. The number of morpholine rings is 2. The van der Waals surface area contributed by atoms with Crippen molar-refractivity contribution < 1.29 is 40.6 Å². The summed E-state index contributed by atoms with van der Waals surface area (Å²) in [5.74, 6) is 2.68. The van der Waals surface area contributed by atoms with Crippen LogP contribution in [0.25, 0.3) is 0 Å². The highest BCUT2D eigenvalue weighted by atomic mass is 19.4. The highest BCUT2D eigenvalue weighted by molar-refractivity contribution is 5.73. The summed E-state index contributed by atoms with van der Waals surface area (Å²) in [4.78, 5) is 44.8. The van der Waals surface area contributed by atoms with Crippen LogP contribution in [0.3, 0.4) is 0 Å². The molecule has 6 aliphatic rings. The maximum atomic E-state index is 13.1. The van der Waals surface area contributed by atoms with Crippen molar-refractivity contribution in [3.05, 3.63) is 71.3 Å². The van der Waals surface area contributed by atoms with Crippen molar-refractivity contribution in [1.29, 1.82) is 0 Å². The molecular formula is C44H54F6N12O3. The van der Waals surface area contributed by atoms with Crippen molar-refractivity contribution in [2.45, 2.75) is 108 Å². The van der Waals surface area contributed by atoms with Crippen LogP contribution in [0.5, 0.6) is 0 Å². The Hall–Kier alpha value is -5.41. The number of alkyl halides is 6. The molecule has 4 aromatic heterocycles. The van der Waals surface area contributed by atoms with E-state index in [9.17, 15) is 31.1 Å². The summed E-state index contributed by atoms with van der Waals surface area (Å²) in [5.41, 5.74) is 0.211. The first-order chi connectivity index (χ1) is 31.2. The van der Waals surface area contributed by atoms with E-state index in [4.69, 9.17) is 19.4 Å². The Morgan fingerprint density at radius 2 is 1.11 bits per heavy atom. The van der Waals surface area contributed by atoms with E-state index in [1.807, 2.05) is 24.8 Å². The predicted octanol–water partition coefficient (Wildman–Crippen LogP) is 7.44. The van der Waals surface area contributed by atoms with Gasteiger partial charge in [0.15, 0.2) is 0 Å². The molecule has 3 N–H and O–H groups in total. The Kier molecular flexibility index (Phi) is 13.9. The van der Waals surface area contributed by atoms with E-state index in [-0.39, 0.29) is 47.8 Å². The zero-order chi connectivity index (χ0) is 45.9. The van der Waals surface area contributed by atoms with Crippen LogP contribution in [0.15, 0.2) is 48.8 Å². The van der Waals surface area contributed by atoms with Crippen LogP contribution in [-0.2, 0) is 26.6 Å². The van der Waals surface area contributed by atoms with Gasteiger partial charge in [-0.2, -0.15) is 36.3 Å². The summed E-state index contributed by atoms with van der Waals surface area (Å²) < 4.78 is 89.9. The number of anilines is 6. The van der Waals surface area contributed by atoms with Crippen LogP contribution < -0.4 is 25.8 Å². The van der Waals surface area contributed by atoms with Crippen molar-refractivity contribution in [2.75, 3.05) is 72.9 Å². The van der Waals surface area contributed by atoms with Gasteiger partial charge < -0.3 is 40.1 Å². The number of ether oxygens (including phenoxy) is 2. The molecule has 4 bridgehead atoms. The quantitative estimate of drug-likeness (QED) is 0.150. The van der Waals surface area contributed by atoms with Gasteiger partial charge in [-0.15, -0.1) is 0 Å². The van der Waals surface area contributed by atoms with Gasteiger partial charge in [0.25, 0.3) is 0 Å². The normalized spacial score (nSPS) is 23.2. The van der Waals surface area contributed by atoms with Gasteiger partial charge in [0, 0.05) is 69.5 Å². The smallest absolute Gasteiger partial charge is 0.374 e. The fourth-order valence-electron chi connectivity index (χ4n) is 9.22. The lowest BCUT2D eigenvalue weighted by molar-refractivity contribution is -0.138. The second kappa shape index (κ2) is 19.6. The molecule has 10 heterocycles. The number of piperidine rings is 2. The summed E-state index contributed by atoms with van der Waals surface area (Å²) >= 11 is 0. The SMILES string of the molecule is CC.CC(=O)N1CCC(c2cc(Nc3cc(C(F)(F)F)ccn3)nc(N3CC4CC3CO4)n2)CC1.FC(F)(F)c1ccnc(Nc2cc(C3CCNCC3)nc(N3CC4CC3CO4)n2)c1. The number of carbonyl (C=O) groups excluding carboxylic acids is 1. The third-order valence-electron chi connectivity index (χ3n) is 12.6. The topological polar surface area (TPSA) is 159 Å². The first-order valence-electron chi connectivity index (χ1n) is 22.3. The van der Waals surface area contributed by atoms with Crippen molar-refractivity contribution in [3.8, 4) is 0 Å². The highest BCUT2D eigenvalue weighted by Crippen LogP contribution is 2.37. The molecule has 4 aromatic rings. The van der Waals surface area contributed by atoms with Crippen molar-refractivity contribution in [2.24, 2.45) is 0 Å². The van der Waals surface area contributed by atoms with Gasteiger partial charge in [-0.1, -0.05) is 13.8 Å². The molecule has 4 unspecified atom stereocenters. The minimum absolute atomic E-state index is 0.0582. The number of halogens is 6. The molecule has 6 aliphatic heterocycles. The average Bonchev–Trinajstić information content (AvgIpc) is 4.15. The van der Waals surface area contributed by atoms with E-state index in [1.54, 1.807) is 13.0 Å². The van der Waals surface area contributed by atoms with Crippen molar-refractivity contribution in [1.82, 2.24) is 40.1 Å². The Bertz CT molecular complexity index is 2270. The zero-order valence-electron chi connectivity index (χ0n) is 36.5. The molecule has 0 spiro atoms. The minimum Gasteiger partial charge on any atom is -0.374 e. The van der Waals surface area contributed by atoms with Crippen LogP contribution >= 0.6 is 0 Å². The third-order valence-corrected chi connectivity index (χ3v) is 12.6. The molecule has 0 aromatic carbocycles. The monoisotopic (exact) mass is 912 g/mol. The molecule has 10 rings (SSSR count). The molecule has 6 saturated heterocycles. The van der Waals surface area contributed by atoms with Gasteiger partial charge >= 0.3 is 12.4 Å². The number of hydrogen-bond donors (Lipinski definition) is 3. The highest BCUT2D eigenvalue weighted by Gasteiger charge is 2.42. The Morgan fingerprint density at radius 1 is 0.662 bits per heavy atom. The molecule has 350 valence electrons. The van der Waals surface area contributed by atoms with Gasteiger partial charge in [-0.25, -0.2) is 19.9 Å². The van der Waals surface area contributed by atoms with Gasteiger partial charge in [0.05, 0.1) is 60.0 Å². The van der Waals surface area contributed by atoms with E-state index in [0.717, 1.165) is 106 Å². The standard InChI is InChI=1S/C22H25F3N6O2.C20H23F3N6O.C2H6/c1-13(32)30-6-3-14(4-7-30)18-10-20(28-19-8-15(2-5-26-19)22(23,24)25)29-21(27-18)31-11-17-9-16(31)12-33-17;21-20(22,23)13-3-6-25-17(7-13)27-18-9-16(12-1-4-24-5-2-12)26-19(28-18)29-10-15-8-14(29)11-30-15;1-2/h2,5,8,10,14,16-17H,3-4,6-7,9,11-12H2,1H3,(H,26,27,28,29);3,6-7,9,12,14-15,24H,1-2,4-5,8,10-11H2,(H,25,26,27,28);1-2H3. The van der Waals surface area contributed by atoms with E-state index >= 15 is 0 Å². The Labute approximate surface area is 373 Å². The fraction of sp³-hybridized carbons (Fsp3) is 0.568. The van der Waals surface area contributed by atoms with Crippen LogP contribution in [0.4, 0.5) is 61.5 Å². The van der Waals surface area contributed by atoms with Gasteiger partial charge in [0.1, 0.15) is 23.3 Å². The van der Waals surface area contributed by atoms with Crippen molar-refractivity contribution in [3.63, 3.8) is 0 Å². The molecule has 0 aliphatic carbocycles. The summed E-state index contributed by atoms with van der Waals surface area (Å²) in [6.07, 6.45) is -0.906. The molecular weight excluding hydrogens is 859 g/mol. The maximum absolute atomic E-state index is 13.1. The van der Waals surface area contributed by atoms with E-state index in [1.165, 1.54) is 0 Å². The second-order valence-electron chi connectivity index (χ2n) is 16.9. The van der Waals surface area contributed by atoms with Gasteiger partial charge in [0.2, 0.25) is 17.8 Å². The van der Waals surface area contributed by atoms with Crippen LogP contribution in [0.2, 0.25) is 0 Å². The van der Waals surface area contributed by atoms with Crippen molar-refractivity contribution >= 4 is 41.1 Å². The first-order valence-corrected chi connectivity index (χ1v) is 22.3. The average molecular weight is 913 g/mol. The molecule has 6 fully saturated rings. The van der Waals surface area contributed by atoms with E-state index in [2.05, 4.69) is 45.7 Å². The molecule has 1 amide bonds. The number of likely N-dealkylation sites (tertiary alicyclic amines) is 1. The number of fused-ring (bicyclic) bond motifs is 4.